The molecule has 3 aromatic carbocycles. The highest BCUT2D eigenvalue weighted by atomic mass is 35.5. The highest BCUT2D eigenvalue weighted by molar-refractivity contribution is 6.40. The van der Waals surface area contributed by atoms with Gasteiger partial charge in [-0.2, -0.15) is 0 Å². The molecule has 38 heavy (non-hydrogen) atoms. The highest BCUT2D eigenvalue weighted by Gasteiger charge is 2.37. The van der Waals surface area contributed by atoms with Crippen LogP contribution in [0.5, 0.6) is 11.5 Å². The summed E-state index contributed by atoms with van der Waals surface area (Å²) in [6, 6.07) is 14.8. The molecule has 9 heteroatoms. The van der Waals surface area contributed by atoms with E-state index in [1.165, 1.54) is 13.2 Å². The van der Waals surface area contributed by atoms with Crippen LogP contribution in [0.2, 0.25) is 10.0 Å². The average molecular weight is 551 g/mol. The maximum atomic E-state index is 13.4. The Hall–Kier alpha value is -4.07. The first-order chi connectivity index (χ1) is 18.2. The van der Waals surface area contributed by atoms with Gasteiger partial charge in [-0.1, -0.05) is 47.5 Å². The third-order valence-corrected chi connectivity index (χ3v) is 6.55. The Bertz CT molecular complexity index is 1480. The van der Waals surface area contributed by atoms with Crippen molar-refractivity contribution >= 4 is 52.8 Å². The minimum Gasteiger partial charge on any atom is -0.493 e. The van der Waals surface area contributed by atoms with Crippen LogP contribution in [-0.2, 0) is 22.6 Å². The van der Waals surface area contributed by atoms with Gasteiger partial charge in [-0.15, -0.1) is 6.58 Å². The Morgan fingerprint density at radius 3 is 2.53 bits per heavy atom. The molecule has 3 aromatic rings. The molecule has 0 radical (unpaired) electrons. The van der Waals surface area contributed by atoms with Gasteiger partial charge in [-0.05, 0) is 72.5 Å². The molecular weight excluding hydrogens is 527 g/mol. The summed E-state index contributed by atoms with van der Waals surface area (Å²) in [7, 11) is 1.50. The molecule has 0 spiro atoms. The van der Waals surface area contributed by atoms with Crippen LogP contribution < -0.4 is 19.7 Å². The fourth-order valence-corrected chi connectivity index (χ4v) is 4.44. The van der Waals surface area contributed by atoms with E-state index in [-0.39, 0.29) is 17.9 Å². The summed E-state index contributed by atoms with van der Waals surface area (Å²) < 4.78 is 11.7. The summed E-state index contributed by atoms with van der Waals surface area (Å²) in [4.78, 5) is 39.6. The number of barbiturate groups is 1. The standard InChI is InChI=1S/C29H24Cl2N2O5/c1-4-7-20-12-19(15-25(37-3)26(20)38-16-18-8-5-9-21(30)13-18)14-22-27(34)32-29(36)33(28(22)35)24-11-6-10-23(31)17(24)2/h4-6,8-15H,1,7,16H2,2-3H3,(H,32,34,36)/b22-14+. The van der Waals surface area contributed by atoms with Crippen LogP contribution in [0.3, 0.4) is 0 Å². The van der Waals surface area contributed by atoms with Crippen molar-refractivity contribution in [3.8, 4) is 11.5 Å². The zero-order chi connectivity index (χ0) is 27.4. The molecular formula is C29H24Cl2N2O5. The van der Waals surface area contributed by atoms with Gasteiger partial charge in [0.05, 0.1) is 12.8 Å². The Balaban J connectivity index is 1.72. The number of carbonyl (C=O) groups excluding carboxylic acids is 3. The second kappa shape index (κ2) is 11.5. The monoisotopic (exact) mass is 550 g/mol. The molecule has 1 heterocycles. The zero-order valence-electron chi connectivity index (χ0n) is 20.7. The van der Waals surface area contributed by atoms with E-state index in [9.17, 15) is 14.4 Å². The van der Waals surface area contributed by atoms with Crippen LogP contribution in [0, 0.1) is 6.92 Å². The van der Waals surface area contributed by atoms with Gasteiger partial charge in [-0.25, -0.2) is 9.69 Å². The summed E-state index contributed by atoms with van der Waals surface area (Å²) in [5.41, 5.74) is 2.71. The number of ether oxygens (including phenoxy) is 2. The highest BCUT2D eigenvalue weighted by Crippen LogP contribution is 2.36. The molecule has 1 aliphatic rings. The Kier molecular flexibility index (Phi) is 8.20. The number of hydrogen-bond donors (Lipinski definition) is 1. The number of allylic oxidation sites excluding steroid dienone is 1. The topological polar surface area (TPSA) is 84.9 Å². The third-order valence-electron chi connectivity index (χ3n) is 5.90. The number of halogens is 2. The summed E-state index contributed by atoms with van der Waals surface area (Å²) in [6.07, 6.45) is 3.55. The van der Waals surface area contributed by atoms with Gasteiger partial charge in [0, 0.05) is 15.6 Å². The van der Waals surface area contributed by atoms with Gasteiger partial charge in [-0.3, -0.25) is 14.9 Å². The van der Waals surface area contributed by atoms with Gasteiger partial charge < -0.3 is 9.47 Å². The van der Waals surface area contributed by atoms with E-state index in [1.807, 2.05) is 18.2 Å². The van der Waals surface area contributed by atoms with Crippen molar-refractivity contribution in [3.05, 3.63) is 105 Å². The van der Waals surface area contributed by atoms with Crippen molar-refractivity contribution in [3.63, 3.8) is 0 Å². The fourth-order valence-electron chi connectivity index (χ4n) is 4.05. The van der Waals surface area contributed by atoms with Crippen molar-refractivity contribution in [1.29, 1.82) is 0 Å². The molecule has 1 saturated heterocycles. The lowest BCUT2D eigenvalue weighted by atomic mass is 10.0. The smallest absolute Gasteiger partial charge is 0.335 e. The minimum absolute atomic E-state index is 0.219. The van der Waals surface area contributed by atoms with Gasteiger partial charge in [0.15, 0.2) is 11.5 Å². The summed E-state index contributed by atoms with van der Waals surface area (Å²) >= 11 is 12.3. The molecule has 1 aliphatic heterocycles. The van der Waals surface area contributed by atoms with Crippen LogP contribution in [-0.4, -0.2) is 25.0 Å². The lowest BCUT2D eigenvalue weighted by molar-refractivity contribution is -0.122. The van der Waals surface area contributed by atoms with Crippen LogP contribution in [0.1, 0.15) is 22.3 Å². The van der Waals surface area contributed by atoms with Gasteiger partial charge in [0.1, 0.15) is 12.2 Å². The number of anilines is 1. The zero-order valence-corrected chi connectivity index (χ0v) is 22.2. The van der Waals surface area contributed by atoms with Crippen molar-refractivity contribution in [1.82, 2.24) is 5.32 Å². The summed E-state index contributed by atoms with van der Waals surface area (Å²) in [6.45, 7) is 5.75. The molecule has 1 N–H and O–H groups in total. The van der Waals surface area contributed by atoms with Crippen molar-refractivity contribution in [2.75, 3.05) is 12.0 Å². The van der Waals surface area contributed by atoms with Crippen LogP contribution >= 0.6 is 23.2 Å². The predicted octanol–water partition coefficient (Wildman–Crippen LogP) is 6.28. The summed E-state index contributed by atoms with van der Waals surface area (Å²) in [5, 5.41) is 3.22. The summed E-state index contributed by atoms with van der Waals surface area (Å²) in [5.74, 6) is -0.670. The largest absolute Gasteiger partial charge is 0.493 e. The number of urea groups is 1. The van der Waals surface area contributed by atoms with Gasteiger partial charge in [0.2, 0.25) is 0 Å². The normalized spacial score (nSPS) is 14.5. The number of carbonyl (C=O) groups is 3. The molecule has 0 unspecified atom stereocenters. The molecule has 0 aliphatic carbocycles. The first-order valence-electron chi connectivity index (χ1n) is 11.6. The first kappa shape index (κ1) is 27.0. The molecule has 194 valence electrons. The number of methoxy groups -OCH3 is 1. The molecule has 4 amide bonds. The number of rotatable bonds is 8. The van der Waals surface area contributed by atoms with E-state index in [0.717, 1.165) is 16.0 Å². The SMILES string of the molecule is C=CCc1cc(/C=C2\C(=O)NC(=O)N(c3cccc(Cl)c3C)C2=O)cc(OC)c1OCc1cccc(Cl)c1. The van der Waals surface area contributed by atoms with E-state index in [1.54, 1.807) is 49.4 Å². The number of hydrogen-bond acceptors (Lipinski definition) is 5. The fraction of sp³-hybridized carbons (Fsp3) is 0.138. The molecule has 0 bridgehead atoms. The van der Waals surface area contributed by atoms with Crippen LogP contribution in [0.15, 0.2) is 72.8 Å². The van der Waals surface area contributed by atoms with Gasteiger partial charge >= 0.3 is 6.03 Å². The van der Waals surface area contributed by atoms with E-state index in [0.29, 0.717) is 39.1 Å². The number of amides is 4. The van der Waals surface area contributed by atoms with E-state index in [4.69, 9.17) is 32.7 Å². The molecule has 4 rings (SSSR count). The van der Waals surface area contributed by atoms with E-state index in [2.05, 4.69) is 11.9 Å². The Labute approximate surface area is 230 Å². The van der Waals surface area contributed by atoms with Crippen molar-refractivity contribution in [2.24, 2.45) is 0 Å². The van der Waals surface area contributed by atoms with Gasteiger partial charge in [0.25, 0.3) is 11.8 Å². The third kappa shape index (κ3) is 5.59. The number of benzene rings is 3. The predicted molar refractivity (Wildman–Crippen MR) is 148 cm³/mol. The number of nitrogens with one attached hydrogen (secondary N) is 1. The molecule has 7 nitrogen and oxygen atoms in total. The second-order valence-corrected chi connectivity index (χ2v) is 9.31. The minimum atomic E-state index is -0.850. The van der Waals surface area contributed by atoms with Crippen molar-refractivity contribution < 1.29 is 23.9 Å². The molecule has 0 atom stereocenters. The number of nitrogens with zero attached hydrogens (tertiary/aromatic N) is 1. The number of imide groups is 2. The maximum absolute atomic E-state index is 13.4. The lowest BCUT2D eigenvalue weighted by Gasteiger charge is -2.27. The Morgan fingerprint density at radius 1 is 1.05 bits per heavy atom. The molecule has 1 fully saturated rings. The van der Waals surface area contributed by atoms with E-state index >= 15 is 0 Å². The van der Waals surface area contributed by atoms with Crippen molar-refractivity contribution in [2.45, 2.75) is 20.0 Å². The maximum Gasteiger partial charge on any atom is 0.335 e. The second-order valence-electron chi connectivity index (χ2n) is 8.46. The first-order valence-corrected chi connectivity index (χ1v) is 12.3. The van der Waals surface area contributed by atoms with E-state index < -0.39 is 17.8 Å². The van der Waals surface area contributed by atoms with Crippen LogP contribution in [0.4, 0.5) is 10.5 Å². The average Bonchev–Trinajstić information content (AvgIpc) is 2.88. The quantitative estimate of drug-likeness (QED) is 0.202. The lowest BCUT2D eigenvalue weighted by Crippen LogP contribution is -2.54. The molecule has 0 aromatic heterocycles. The van der Waals surface area contributed by atoms with Crippen LogP contribution in [0.25, 0.3) is 6.08 Å². The molecule has 0 saturated carbocycles. The Morgan fingerprint density at radius 2 is 1.82 bits per heavy atom.